The van der Waals surface area contributed by atoms with E-state index in [1.165, 1.54) is 18.9 Å². The largest absolute Gasteiger partial charge is 0.493 e. The van der Waals surface area contributed by atoms with Gasteiger partial charge in [0.1, 0.15) is 5.75 Å². The average molecular weight is 481 g/mol. The van der Waals surface area contributed by atoms with Crippen LogP contribution in [0.1, 0.15) is 50.3 Å². The second-order valence-electron chi connectivity index (χ2n) is 8.34. The van der Waals surface area contributed by atoms with E-state index in [9.17, 15) is 14.4 Å². The van der Waals surface area contributed by atoms with Crippen LogP contribution in [0.4, 0.5) is 5.69 Å². The zero-order valence-corrected chi connectivity index (χ0v) is 20.6. The summed E-state index contributed by atoms with van der Waals surface area (Å²) in [6.07, 6.45) is 1.96. The number of amidine groups is 1. The minimum absolute atomic E-state index is 0.216. The molecule has 0 aliphatic carbocycles. The first-order valence-corrected chi connectivity index (χ1v) is 12.1. The van der Waals surface area contributed by atoms with Gasteiger partial charge in [0, 0.05) is 25.0 Å². The maximum Gasteiger partial charge on any atom is 0.271 e. The topological polar surface area (TPSA) is 91.3 Å². The van der Waals surface area contributed by atoms with Gasteiger partial charge in [-0.3, -0.25) is 14.4 Å². The van der Waals surface area contributed by atoms with Gasteiger partial charge in [-0.2, -0.15) is 5.01 Å². The molecule has 0 aromatic heterocycles. The van der Waals surface area contributed by atoms with Crippen molar-refractivity contribution in [3.63, 3.8) is 0 Å². The molecule has 34 heavy (non-hydrogen) atoms. The first kappa shape index (κ1) is 23.8. The Bertz CT molecular complexity index is 1180. The SMILES string of the molecule is CCCCOc1ccccc1CN1C(=O)[C@@]2(SC(NC(C)=O)=NN2C(C)=O)c2cccc(C)c21. The fraction of sp³-hybridized carbons (Fsp3) is 0.360. The molecule has 4 rings (SSSR count). The van der Waals surface area contributed by atoms with Crippen LogP contribution in [0.15, 0.2) is 47.6 Å². The lowest BCUT2D eigenvalue weighted by Crippen LogP contribution is -2.48. The smallest absolute Gasteiger partial charge is 0.271 e. The fourth-order valence-electron chi connectivity index (χ4n) is 4.27. The molecule has 1 atom stereocenters. The van der Waals surface area contributed by atoms with E-state index in [-0.39, 0.29) is 29.4 Å². The minimum atomic E-state index is -1.41. The molecule has 2 aliphatic heterocycles. The number of fused-ring (bicyclic) bond motifs is 2. The zero-order chi connectivity index (χ0) is 24.5. The standard InChI is InChI=1S/C25H28N4O4S/c1-5-6-14-33-21-13-8-7-11-19(21)15-28-22-16(2)10-9-12-20(22)25(23(28)32)29(18(4)31)27-24(34-25)26-17(3)30/h7-13H,5-6,14-15H2,1-4H3,(H,26,27,30)/t25-/m0/s1. The van der Waals surface area contributed by atoms with Gasteiger partial charge in [0.15, 0.2) is 5.17 Å². The van der Waals surface area contributed by atoms with Gasteiger partial charge in [-0.25, -0.2) is 0 Å². The molecule has 8 nitrogen and oxygen atoms in total. The Labute approximate surface area is 203 Å². The Morgan fingerprint density at radius 2 is 1.91 bits per heavy atom. The van der Waals surface area contributed by atoms with E-state index >= 15 is 0 Å². The molecule has 178 valence electrons. The van der Waals surface area contributed by atoms with Crippen molar-refractivity contribution in [2.24, 2.45) is 5.10 Å². The quantitative estimate of drug-likeness (QED) is 0.634. The molecular weight excluding hydrogens is 452 g/mol. The number of rotatable bonds is 6. The lowest BCUT2D eigenvalue weighted by molar-refractivity contribution is -0.139. The molecule has 0 saturated heterocycles. The monoisotopic (exact) mass is 480 g/mol. The number of nitrogens with zero attached hydrogens (tertiary/aromatic N) is 3. The molecular formula is C25H28N4O4S. The van der Waals surface area contributed by atoms with Crippen molar-refractivity contribution in [1.29, 1.82) is 0 Å². The highest BCUT2D eigenvalue weighted by Crippen LogP contribution is 2.55. The van der Waals surface area contributed by atoms with Gasteiger partial charge in [0.2, 0.25) is 16.7 Å². The highest BCUT2D eigenvalue weighted by molar-refractivity contribution is 8.15. The van der Waals surface area contributed by atoms with Gasteiger partial charge < -0.3 is 15.0 Å². The number of hydrogen-bond donors (Lipinski definition) is 1. The third kappa shape index (κ3) is 4.04. The summed E-state index contributed by atoms with van der Waals surface area (Å²) in [5.74, 6) is -0.266. The molecule has 3 amide bonds. The summed E-state index contributed by atoms with van der Waals surface area (Å²) in [6.45, 7) is 7.66. The number of unbranched alkanes of at least 4 members (excludes halogenated alkanes) is 1. The number of hydrogen-bond acceptors (Lipinski definition) is 6. The van der Waals surface area contributed by atoms with Crippen molar-refractivity contribution in [3.05, 3.63) is 59.2 Å². The molecule has 0 unspecified atom stereocenters. The molecule has 2 aromatic carbocycles. The van der Waals surface area contributed by atoms with Crippen molar-refractivity contribution < 1.29 is 19.1 Å². The summed E-state index contributed by atoms with van der Waals surface area (Å²) >= 11 is 1.08. The van der Waals surface area contributed by atoms with Crippen molar-refractivity contribution in [2.45, 2.75) is 52.0 Å². The molecule has 0 fully saturated rings. The van der Waals surface area contributed by atoms with E-state index in [2.05, 4.69) is 17.3 Å². The summed E-state index contributed by atoms with van der Waals surface area (Å²) in [4.78, 5) is 38.8. The highest BCUT2D eigenvalue weighted by Gasteiger charge is 2.61. The van der Waals surface area contributed by atoms with Crippen LogP contribution in [-0.2, 0) is 25.8 Å². The Balaban J connectivity index is 1.77. The third-order valence-electron chi connectivity index (χ3n) is 5.78. The lowest BCUT2D eigenvalue weighted by atomic mass is 10.0. The van der Waals surface area contributed by atoms with Gasteiger partial charge in [0.05, 0.1) is 18.8 Å². The normalized spacial score (nSPS) is 18.8. The van der Waals surface area contributed by atoms with E-state index in [0.717, 1.165) is 47.2 Å². The molecule has 2 aromatic rings. The molecule has 0 saturated carbocycles. The summed E-state index contributed by atoms with van der Waals surface area (Å²) < 4.78 is 6.00. The number of hydrazone groups is 1. The Hall–Kier alpha value is -3.33. The molecule has 1 spiro atoms. The van der Waals surface area contributed by atoms with E-state index in [1.807, 2.05) is 49.4 Å². The number of aryl methyl sites for hydroxylation is 1. The summed E-state index contributed by atoms with van der Waals surface area (Å²) in [5, 5.41) is 8.35. The molecule has 1 N–H and O–H groups in total. The van der Waals surface area contributed by atoms with Crippen LogP contribution in [0.25, 0.3) is 0 Å². The van der Waals surface area contributed by atoms with E-state index in [4.69, 9.17) is 4.74 Å². The first-order chi connectivity index (χ1) is 16.3. The van der Waals surface area contributed by atoms with Crippen LogP contribution in [0.2, 0.25) is 0 Å². The van der Waals surface area contributed by atoms with E-state index in [0.29, 0.717) is 12.2 Å². The van der Waals surface area contributed by atoms with Crippen molar-refractivity contribution in [1.82, 2.24) is 10.3 Å². The van der Waals surface area contributed by atoms with Crippen molar-refractivity contribution >= 4 is 40.3 Å². The van der Waals surface area contributed by atoms with Crippen LogP contribution in [0.3, 0.4) is 0 Å². The summed E-state index contributed by atoms with van der Waals surface area (Å²) in [7, 11) is 0. The number of ether oxygens (including phenoxy) is 1. The number of benzene rings is 2. The molecule has 0 radical (unpaired) electrons. The van der Waals surface area contributed by atoms with E-state index in [1.54, 1.807) is 4.90 Å². The molecule has 2 aliphatic rings. The fourth-order valence-corrected chi connectivity index (χ4v) is 5.60. The Morgan fingerprint density at radius 1 is 1.15 bits per heavy atom. The van der Waals surface area contributed by atoms with Crippen molar-refractivity contribution in [3.8, 4) is 5.75 Å². The van der Waals surface area contributed by atoms with Crippen LogP contribution in [0, 0.1) is 6.92 Å². The minimum Gasteiger partial charge on any atom is -0.493 e. The third-order valence-corrected chi connectivity index (χ3v) is 7.02. The number of thioether (sulfide) groups is 1. The Kier molecular flexibility index (Phi) is 6.65. The van der Waals surface area contributed by atoms with Gasteiger partial charge in [-0.05, 0) is 36.7 Å². The zero-order valence-electron chi connectivity index (χ0n) is 19.8. The number of amides is 3. The maximum atomic E-state index is 14.1. The van der Waals surface area contributed by atoms with Gasteiger partial charge in [-0.1, -0.05) is 49.7 Å². The van der Waals surface area contributed by atoms with Crippen LogP contribution in [0.5, 0.6) is 5.75 Å². The first-order valence-electron chi connectivity index (χ1n) is 11.3. The second kappa shape index (κ2) is 9.50. The van der Waals surface area contributed by atoms with Gasteiger partial charge in [-0.15, -0.1) is 5.10 Å². The van der Waals surface area contributed by atoms with Crippen LogP contribution < -0.4 is 15.0 Å². The maximum absolute atomic E-state index is 14.1. The predicted octanol–water partition coefficient (Wildman–Crippen LogP) is 3.88. The van der Waals surface area contributed by atoms with Gasteiger partial charge in [0.25, 0.3) is 5.91 Å². The number of para-hydroxylation sites is 2. The molecule has 2 heterocycles. The van der Waals surface area contributed by atoms with Gasteiger partial charge >= 0.3 is 0 Å². The highest BCUT2D eigenvalue weighted by atomic mass is 32.2. The van der Waals surface area contributed by atoms with Crippen molar-refractivity contribution in [2.75, 3.05) is 11.5 Å². The average Bonchev–Trinajstić information content (AvgIpc) is 3.28. The molecule has 9 heteroatoms. The number of carbonyl (C=O) groups excluding carboxylic acids is 3. The lowest BCUT2D eigenvalue weighted by Gasteiger charge is -2.29. The number of nitrogens with one attached hydrogen (secondary N) is 1. The van der Waals surface area contributed by atoms with Crippen LogP contribution >= 0.6 is 11.8 Å². The molecule has 0 bridgehead atoms. The number of carbonyl (C=O) groups is 3. The summed E-state index contributed by atoms with van der Waals surface area (Å²) in [5.41, 5.74) is 3.20. The predicted molar refractivity (Wildman–Crippen MR) is 132 cm³/mol. The second-order valence-corrected chi connectivity index (χ2v) is 9.52. The van der Waals surface area contributed by atoms with E-state index < -0.39 is 4.87 Å². The summed E-state index contributed by atoms with van der Waals surface area (Å²) in [6, 6.07) is 13.3. The Morgan fingerprint density at radius 3 is 2.62 bits per heavy atom. The number of anilines is 1. The van der Waals surface area contributed by atoms with Crippen LogP contribution in [-0.4, -0.2) is 34.5 Å².